The second-order valence-electron chi connectivity index (χ2n) is 8.59. The summed E-state index contributed by atoms with van der Waals surface area (Å²) in [4.78, 5) is 21.3. The maximum Gasteiger partial charge on any atom is 0.274 e. The number of anilines is 1. The lowest BCUT2D eigenvalue weighted by Crippen LogP contribution is -2.37. The number of hydrogen-bond acceptors (Lipinski definition) is 7. The number of aryl methyl sites for hydroxylation is 1. The van der Waals surface area contributed by atoms with Gasteiger partial charge in [0.25, 0.3) is 5.91 Å². The summed E-state index contributed by atoms with van der Waals surface area (Å²) in [5.74, 6) is -0.372. The van der Waals surface area contributed by atoms with Crippen LogP contribution in [0.15, 0.2) is 59.6 Å². The van der Waals surface area contributed by atoms with E-state index in [2.05, 4.69) is 25.3 Å². The molecule has 2 atom stereocenters. The molecule has 0 radical (unpaired) electrons. The van der Waals surface area contributed by atoms with Gasteiger partial charge in [0.05, 0.1) is 16.8 Å². The van der Waals surface area contributed by atoms with Gasteiger partial charge in [0.2, 0.25) is 10.0 Å². The molecule has 1 aliphatic carbocycles. The fourth-order valence-corrected chi connectivity index (χ4v) is 5.79. The molecule has 9 nitrogen and oxygen atoms in total. The first-order chi connectivity index (χ1) is 16.4. The Hall–Kier alpha value is -3.34. The van der Waals surface area contributed by atoms with Gasteiger partial charge in [-0.1, -0.05) is 36.4 Å². The Morgan fingerprint density at radius 3 is 2.79 bits per heavy atom. The minimum absolute atomic E-state index is 0.0117. The smallest absolute Gasteiger partial charge is 0.274 e. The summed E-state index contributed by atoms with van der Waals surface area (Å²) in [6.45, 7) is 1.53. The highest BCUT2D eigenvalue weighted by molar-refractivity contribution is 7.89. The number of nitrogens with zero attached hydrogens (tertiary/aromatic N) is 2. The van der Waals surface area contributed by atoms with Crippen molar-refractivity contribution in [2.45, 2.75) is 36.2 Å². The third-order valence-electron chi connectivity index (χ3n) is 6.28. The molecule has 5 rings (SSSR count). The Labute approximate surface area is 198 Å². The number of carbonyl (C=O) groups excluding carboxylic acids is 1. The Morgan fingerprint density at radius 1 is 1.12 bits per heavy atom. The topological polar surface area (TPSA) is 139 Å². The van der Waals surface area contributed by atoms with Crippen LogP contribution in [0, 0.1) is 0 Å². The van der Waals surface area contributed by atoms with Crippen LogP contribution in [0.4, 0.5) is 5.82 Å². The average molecular weight is 479 g/mol. The molecule has 1 amide bonds. The first kappa shape index (κ1) is 22.5. The van der Waals surface area contributed by atoms with E-state index >= 15 is 0 Å². The molecule has 5 N–H and O–H groups in total. The number of nitrogens with one attached hydrogen (secondary N) is 3. The number of amides is 1. The summed E-state index contributed by atoms with van der Waals surface area (Å²) >= 11 is 0. The fourth-order valence-electron chi connectivity index (χ4n) is 4.49. The van der Waals surface area contributed by atoms with Crippen molar-refractivity contribution in [1.82, 2.24) is 25.3 Å². The van der Waals surface area contributed by atoms with Crippen molar-refractivity contribution in [2.24, 2.45) is 0 Å². The number of aromatic nitrogens is 2. The van der Waals surface area contributed by atoms with Crippen molar-refractivity contribution >= 4 is 21.7 Å². The number of benzene rings is 2. The van der Waals surface area contributed by atoms with Crippen molar-refractivity contribution in [3.63, 3.8) is 0 Å². The number of carbonyl (C=O) groups is 1. The number of sulfonamides is 1. The lowest BCUT2D eigenvalue weighted by atomic mass is 10.1. The van der Waals surface area contributed by atoms with Gasteiger partial charge in [0.15, 0.2) is 11.5 Å². The summed E-state index contributed by atoms with van der Waals surface area (Å²) < 4.78 is 29.2. The molecular formula is C24H26N6O3S. The minimum Gasteiger partial charge on any atom is -0.382 e. The molecule has 176 valence electrons. The quantitative estimate of drug-likeness (QED) is 0.423. The van der Waals surface area contributed by atoms with Crippen LogP contribution in [0.3, 0.4) is 0 Å². The number of rotatable bonds is 6. The van der Waals surface area contributed by atoms with Crippen molar-refractivity contribution in [1.29, 1.82) is 0 Å². The molecule has 10 heteroatoms. The summed E-state index contributed by atoms with van der Waals surface area (Å²) in [7, 11) is -3.78. The third kappa shape index (κ3) is 4.52. The number of nitrogens with two attached hydrogens (primary N) is 1. The first-order valence-electron chi connectivity index (χ1n) is 11.3. The monoisotopic (exact) mass is 478 g/mol. The summed E-state index contributed by atoms with van der Waals surface area (Å²) in [6, 6.07) is 14.1. The van der Waals surface area contributed by atoms with Gasteiger partial charge in [0.1, 0.15) is 0 Å². The molecule has 0 bridgehead atoms. The molecule has 1 fully saturated rings. The Kier molecular flexibility index (Phi) is 6.03. The molecular weight excluding hydrogens is 452 g/mol. The van der Waals surface area contributed by atoms with Crippen molar-refractivity contribution in [3.8, 4) is 11.3 Å². The lowest BCUT2D eigenvalue weighted by Gasteiger charge is -2.15. The van der Waals surface area contributed by atoms with Crippen LogP contribution >= 0.6 is 0 Å². The highest BCUT2D eigenvalue weighted by Gasteiger charge is 2.27. The van der Waals surface area contributed by atoms with Gasteiger partial charge in [-0.25, -0.2) is 23.1 Å². The van der Waals surface area contributed by atoms with Gasteiger partial charge in [0, 0.05) is 24.2 Å². The maximum absolute atomic E-state index is 13.2. The Morgan fingerprint density at radius 2 is 1.97 bits per heavy atom. The van der Waals surface area contributed by atoms with E-state index in [1.807, 2.05) is 24.3 Å². The van der Waals surface area contributed by atoms with Crippen LogP contribution in [0.25, 0.3) is 11.3 Å². The zero-order chi connectivity index (χ0) is 23.7. The highest BCUT2D eigenvalue weighted by Crippen LogP contribution is 2.32. The van der Waals surface area contributed by atoms with Crippen LogP contribution in [0.5, 0.6) is 0 Å². The van der Waals surface area contributed by atoms with Gasteiger partial charge >= 0.3 is 0 Å². The molecule has 0 unspecified atom stereocenters. The lowest BCUT2D eigenvalue weighted by molar-refractivity contribution is 0.0936. The largest absolute Gasteiger partial charge is 0.382 e. The summed E-state index contributed by atoms with van der Waals surface area (Å²) in [5.41, 5.74) is 9.02. The molecule has 2 aromatic carbocycles. The molecule has 3 aromatic rings. The average Bonchev–Trinajstić information content (AvgIpc) is 3.49. The Bertz CT molecular complexity index is 1340. The van der Waals surface area contributed by atoms with Crippen molar-refractivity contribution in [3.05, 3.63) is 71.5 Å². The molecule has 2 aliphatic rings. The van der Waals surface area contributed by atoms with Crippen molar-refractivity contribution < 1.29 is 13.2 Å². The van der Waals surface area contributed by atoms with Gasteiger partial charge in [-0.15, -0.1) is 0 Å². The van der Waals surface area contributed by atoms with E-state index in [0.29, 0.717) is 17.8 Å². The van der Waals surface area contributed by atoms with Gasteiger partial charge < -0.3 is 16.4 Å². The number of fused-ring (bicyclic) bond motifs is 1. The molecule has 0 spiro atoms. The van der Waals surface area contributed by atoms with E-state index in [4.69, 9.17) is 5.73 Å². The molecule has 0 saturated carbocycles. The van der Waals surface area contributed by atoms with Crippen LogP contribution in [-0.2, 0) is 16.4 Å². The Balaban J connectivity index is 1.39. The second-order valence-corrected chi connectivity index (χ2v) is 10.3. The predicted molar refractivity (Wildman–Crippen MR) is 128 cm³/mol. The molecule has 1 saturated heterocycles. The maximum atomic E-state index is 13.2. The van der Waals surface area contributed by atoms with Crippen LogP contribution in [-0.4, -0.2) is 43.4 Å². The zero-order valence-electron chi connectivity index (χ0n) is 18.5. The van der Waals surface area contributed by atoms with Crippen LogP contribution in [0.1, 0.15) is 40.5 Å². The van der Waals surface area contributed by atoms with E-state index in [9.17, 15) is 13.2 Å². The van der Waals surface area contributed by atoms with Crippen LogP contribution in [0.2, 0.25) is 0 Å². The van der Waals surface area contributed by atoms with E-state index in [1.54, 1.807) is 12.1 Å². The third-order valence-corrected chi connectivity index (χ3v) is 7.75. The normalized spacial score (nSPS) is 19.6. The van der Waals surface area contributed by atoms with E-state index in [0.717, 1.165) is 31.4 Å². The minimum atomic E-state index is -3.78. The highest BCUT2D eigenvalue weighted by atomic mass is 32.2. The fraction of sp³-hybridized carbons (Fsp3) is 0.292. The first-order valence-corrected chi connectivity index (χ1v) is 12.7. The zero-order valence-corrected chi connectivity index (χ0v) is 19.3. The van der Waals surface area contributed by atoms with E-state index in [1.165, 1.54) is 23.9 Å². The van der Waals surface area contributed by atoms with Gasteiger partial charge in [-0.3, -0.25) is 4.79 Å². The van der Waals surface area contributed by atoms with Crippen molar-refractivity contribution in [2.75, 3.05) is 18.8 Å². The predicted octanol–water partition coefficient (Wildman–Crippen LogP) is 1.78. The van der Waals surface area contributed by atoms with Crippen LogP contribution < -0.4 is 21.1 Å². The summed E-state index contributed by atoms with van der Waals surface area (Å²) in [6.07, 6.45) is 3.83. The molecule has 1 aliphatic heterocycles. The molecule has 34 heavy (non-hydrogen) atoms. The standard InChI is InChI=1S/C24H26N6O3S/c25-23-22(24(31)28-17-10-11-26-13-17)29-21(14-27-23)16-5-3-6-18(12-16)34(32,33)30-20-9-8-15-4-1-2-7-19(15)20/h1-7,12,14,17,20,26,30H,8-11,13H2,(H2,25,27)(H,28,31)/t17-,20+/m0/s1. The van der Waals surface area contributed by atoms with Gasteiger partial charge in [-0.05, 0) is 49.1 Å². The van der Waals surface area contributed by atoms with E-state index < -0.39 is 15.9 Å². The number of nitrogen functional groups attached to an aromatic ring is 1. The number of hydrogen-bond donors (Lipinski definition) is 4. The molecule has 1 aromatic heterocycles. The summed E-state index contributed by atoms with van der Waals surface area (Å²) in [5, 5.41) is 6.10. The SMILES string of the molecule is Nc1ncc(-c2cccc(S(=O)(=O)N[C@@H]3CCc4ccccc43)c2)nc1C(=O)N[C@H]1CCNC1. The van der Waals surface area contributed by atoms with Gasteiger partial charge in [-0.2, -0.15) is 0 Å². The van der Waals surface area contributed by atoms with E-state index in [-0.39, 0.29) is 28.5 Å². The molecule has 2 heterocycles. The second kappa shape index (κ2) is 9.13.